The van der Waals surface area contributed by atoms with E-state index in [1.54, 1.807) is 12.1 Å². The van der Waals surface area contributed by atoms with Crippen molar-refractivity contribution in [3.63, 3.8) is 0 Å². The summed E-state index contributed by atoms with van der Waals surface area (Å²) in [5, 5.41) is 12.1. The fourth-order valence-corrected chi connectivity index (χ4v) is 2.87. The summed E-state index contributed by atoms with van der Waals surface area (Å²) in [6.07, 6.45) is 1.33. The van der Waals surface area contributed by atoms with Crippen LogP contribution in [0, 0.1) is 0 Å². The van der Waals surface area contributed by atoms with Crippen molar-refractivity contribution in [2.75, 3.05) is 0 Å². The largest absolute Gasteiger partial charge is 0.506 e. The van der Waals surface area contributed by atoms with Gasteiger partial charge in [0.05, 0.1) is 10.4 Å². The molecule has 0 aliphatic rings. The summed E-state index contributed by atoms with van der Waals surface area (Å²) in [7, 11) is 0. The van der Waals surface area contributed by atoms with E-state index < -0.39 is 0 Å². The highest BCUT2D eigenvalue weighted by Gasteiger charge is 2.21. The Hall–Kier alpha value is -1.49. The first-order chi connectivity index (χ1) is 9.09. The van der Waals surface area contributed by atoms with Crippen LogP contribution in [0.15, 0.2) is 34.3 Å². The number of phenolic OH excluding ortho intramolecular Hbond substituents is 1. The number of hydrogen-bond acceptors (Lipinski definition) is 4. The molecular weight excluding hydrogens is 307 g/mol. The highest BCUT2D eigenvalue weighted by atomic mass is 35.5. The van der Waals surface area contributed by atoms with Crippen LogP contribution in [0.2, 0.25) is 10.0 Å². The molecule has 0 unspecified atom stereocenters. The number of phenols is 1. The summed E-state index contributed by atoms with van der Waals surface area (Å²) < 4.78 is 5.29. The van der Waals surface area contributed by atoms with Gasteiger partial charge in [0.1, 0.15) is 22.1 Å². The second-order valence-electron chi connectivity index (χ2n) is 3.86. The fraction of sp³-hybridized carbons (Fsp3) is 0. The minimum atomic E-state index is -0.180. The maximum atomic E-state index is 12.3. The number of carbonyl (C=O) groups excluding carboxylic acids is 1. The van der Waals surface area contributed by atoms with Crippen LogP contribution in [0.4, 0.5) is 0 Å². The van der Waals surface area contributed by atoms with E-state index in [0.29, 0.717) is 21.4 Å². The third-order valence-electron chi connectivity index (χ3n) is 2.72. The van der Waals surface area contributed by atoms with Gasteiger partial charge in [-0.25, -0.2) is 0 Å². The Morgan fingerprint density at radius 1 is 1.32 bits per heavy atom. The van der Waals surface area contributed by atoms with Crippen molar-refractivity contribution >= 4 is 51.3 Å². The topological polar surface area (TPSA) is 50.4 Å². The molecule has 1 aromatic carbocycles. The summed E-state index contributed by atoms with van der Waals surface area (Å²) in [5.74, 6) is -0.354. The Kier molecular flexibility index (Phi) is 3.01. The van der Waals surface area contributed by atoms with Gasteiger partial charge in [-0.05, 0) is 17.5 Å². The van der Waals surface area contributed by atoms with E-state index in [-0.39, 0.29) is 21.6 Å². The average molecular weight is 313 g/mol. The molecule has 0 spiro atoms. The Morgan fingerprint density at radius 3 is 2.79 bits per heavy atom. The van der Waals surface area contributed by atoms with E-state index in [1.165, 1.54) is 23.7 Å². The Labute approximate surface area is 122 Å². The van der Waals surface area contributed by atoms with Crippen LogP contribution in [0.1, 0.15) is 15.2 Å². The number of benzene rings is 1. The maximum absolute atomic E-state index is 12.3. The summed E-state index contributed by atoms with van der Waals surface area (Å²) in [6, 6.07) is 4.90. The molecule has 0 bridgehead atoms. The van der Waals surface area contributed by atoms with Crippen molar-refractivity contribution < 1.29 is 14.3 Å². The second-order valence-corrected chi connectivity index (χ2v) is 5.56. The highest BCUT2D eigenvalue weighted by molar-refractivity contribution is 7.12. The number of aromatic hydroxyl groups is 1. The molecule has 0 fully saturated rings. The van der Waals surface area contributed by atoms with Crippen LogP contribution >= 0.6 is 34.5 Å². The molecule has 0 saturated heterocycles. The van der Waals surface area contributed by atoms with Gasteiger partial charge in [0.25, 0.3) is 0 Å². The van der Waals surface area contributed by atoms with E-state index >= 15 is 0 Å². The zero-order valence-electron chi connectivity index (χ0n) is 9.31. The predicted molar refractivity (Wildman–Crippen MR) is 75.7 cm³/mol. The summed E-state index contributed by atoms with van der Waals surface area (Å²) in [5.41, 5.74) is 0.649. The molecule has 6 heteroatoms. The first kappa shape index (κ1) is 12.5. The minimum absolute atomic E-state index is 0.0126. The van der Waals surface area contributed by atoms with E-state index in [0.717, 1.165) is 0 Å². The van der Waals surface area contributed by atoms with Crippen LogP contribution in [0.5, 0.6) is 5.75 Å². The number of carbonyl (C=O) groups is 1. The lowest BCUT2D eigenvalue weighted by Crippen LogP contribution is -1.96. The molecule has 3 nitrogen and oxygen atoms in total. The number of hydrogen-bond donors (Lipinski definition) is 1. The maximum Gasteiger partial charge on any atom is 0.206 e. The van der Waals surface area contributed by atoms with Crippen LogP contribution in [0.25, 0.3) is 11.0 Å². The fourth-order valence-electron chi connectivity index (χ4n) is 1.81. The molecule has 0 aliphatic carbocycles. The molecule has 19 heavy (non-hydrogen) atoms. The summed E-state index contributed by atoms with van der Waals surface area (Å²) in [6.45, 7) is 0. The normalized spacial score (nSPS) is 11.1. The van der Waals surface area contributed by atoms with Crippen molar-refractivity contribution in [2.24, 2.45) is 0 Å². The van der Waals surface area contributed by atoms with Crippen molar-refractivity contribution in [1.29, 1.82) is 0 Å². The monoisotopic (exact) mass is 312 g/mol. The van der Waals surface area contributed by atoms with Crippen LogP contribution in [0.3, 0.4) is 0 Å². The third kappa shape index (κ3) is 1.92. The molecule has 3 rings (SSSR count). The smallest absolute Gasteiger partial charge is 0.206 e. The van der Waals surface area contributed by atoms with Crippen molar-refractivity contribution in [1.82, 2.24) is 0 Å². The van der Waals surface area contributed by atoms with Gasteiger partial charge < -0.3 is 9.52 Å². The number of rotatable bonds is 2. The van der Waals surface area contributed by atoms with Gasteiger partial charge in [-0.2, -0.15) is 0 Å². The zero-order valence-corrected chi connectivity index (χ0v) is 11.6. The van der Waals surface area contributed by atoms with Crippen molar-refractivity contribution in [3.05, 3.63) is 50.3 Å². The summed E-state index contributed by atoms with van der Waals surface area (Å²) in [4.78, 5) is 12.9. The lowest BCUT2D eigenvalue weighted by Gasteiger charge is -2.01. The molecule has 0 amide bonds. The van der Waals surface area contributed by atoms with Gasteiger partial charge in [-0.15, -0.1) is 11.3 Å². The van der Waals surface area contributed by atoms with E-state index in [2.05, 4.69) is 0 Å². The van der Waals surface area contributed by atoms with Crippen molar-refractivity contribution in [2.45, 2.75) is 0 Å². The van der Waals surface area contributed by atoms with Gasteiger partial charge in [-0.3, -0.25) is 4.79 Å². The molecule has 3 aromatic rings. The SMILES string of the molecule is O=C(c1cccs1)c1coc2c(Cl)c(Cl)c(O)cc12. The third-order valence-corrected chi connectivity index (χ3v) is 4.43. The molecule has 0 radical (unpaired) electrons. The standard InChI is InChI=1S/C13H6Cl2O3S/c14-10-8(16)4-6-7(5-18-13(6)11(10)15)12(17)9-2-1-3-19-9/h1-5,16H. The lowest BCUT2D eigenvalue weighted by molar-refractivity contribution is 0.104. The molecule has 0 atom stereocenters. The number of halogens is 2. The van der Waals surface area contributed by atoms with Gasteiger partial charge in [0.15, 0.2) is 5.58 Å². The first-order valence-corrected chi connectivity index (χ1v) is 6.89. The second kappa shape index (κ2) is 4.56. The molecule has 96 valence electrons. The Morgan fingerprint density at radius 2 is 2.11 bits per heavy atom. The number of ketones is 1. The van der Waals surface area contributed by atoms with Gasteiger partial charge in [0, 0.05) is 5.39 Å². The molecule has 2 aromatic heterocycles. The van der Waals surface area contributed by atoms with Crippen molar-refractivity contribution in [3.8, 4) is 5.75 Å². The van der Waals surface area contributed by atoms with Gasteiger partial charge in [-0.1, -0.05) is 29.3 Å². The Bertz CT molecular complexity index is 775. The lowest BCUT2D eigenvalue weighted by atomic mass is 10.1. The average Bonchev–Trinajstić information content (AvgIpc) is 3.04. The summed E-state index contributed by atoms with van der Waals surface area (Å²) >= 11 is 13.1. The van der Waals surface area contributed by atoms with Crippen LogP contribution in [-0.2, 0) is 0 Å². The minimum Gasteiger partial charge on any atom is -0.506 e. The number of thiophene rings is 1. The van der Waals surface area contributed by atoms with Crippen LogP contribution in [-0.4, -0.2) is 10.9 Å². The predicted octanol–water partition coefficient (Wildman–Crippen LogP) is 4.74. The number of furan rings is 1. The molecule has 0 saturated carbocycles. The van der Waals surface area contributed by atoms with E-state index in [1.807, 2.05) is 5.38 Å². The first-order valence-electron chi connectivity index (χ1n) is 5.26. The Balaban J connectivity index is 2.24. The van der Waals surface area contributed by atoms with E-state index in [9.17, 15) is 9.90 Å². The molecule has 2 heterocycles. The molecular formula is C13H6Cl2O3S. The quantitative estimate of drug-likeness (QED) is 0.695. The number of fused-ring (bicyclic) bond motifs is 1. The van der Waals surface area contributed by atoms with Gasteiger partial charge in [0.2, 0.25) is 5.78 Å². The van der Waals surface area contributed by atoms with Crippen LogP contribution < -0.4 is 0 Å². The molecule has 0 aliphatic heterocycles. The van der Waals surface area contributed by atoms with E-state index in [4.69, 9.17) is 27.6 Å². The zero-order chi connectivity index (χ0) is 13.6. The molecule has 1 N–H and O–H groups in total. The highest BCUT2D eigenvalue weighted by Crippen LogP contribution is 2.40. The van der Waals surface area contributed by atoms with Gasteiger partial charge >= 0.3 is 0 Å².